The zero-order valence-corrected chi connectivity index (χ0v) is 12.4. The first-order valence-electron chi connectivity index (χ1n) is 7.34. The van der Waals surface area contributed by atoms with E-state index in [2.05, 4.69) is 20.8 Å². The number of ether oxygens (including phenoxy) is 1. The number of hydrogen-bond donors (Lipinski definition) is 0. The molecule has 0 bridgehead atoms. The van der Waals surface area contributed by atoms with E-state index in [9.17, 15) is 4.79 Å². The lowest BCUT2D eigenvalue weighted by Crippen LogP contribution is -2.24. The summed E-state index contributed by atoms with van der Waals surface area (Å²) in [6.07, 6.45) is 3.48. The van der Waals surface area contributed by atoms with Gasteiger partial charge in [0.15, 0.2) is 0 Å². The standard InChI is InChI=1S/C17H22O3/c1-4-6-12(3)15(5-2)19-14-9-7-13-8-10-17(18)20-16(13)11-14/h7-12,15H,4-6H2,1-3H3. The molecule has 1 aromatic heterocycles. The summed E-state index contributed by atoms with van der Waals surface area (Å²) < 4.78 is 11.3. The van der Waals surface area contributed by atoms with Crippen molar-refractivity contribution >= 4 is 11.0 Å². The maximum atomic E-state index is 11.3. The third-order valence-corrected chi connectivity index (χ3v) is 3.66. The van der Waals surface area contributed by atoms with E-state index in [1.165, 1.54) is 6.07 Å². The normalized spacial score (nSPS) is 14.2. The van der Waals surface area contributed by atoms with Crippen LogP contribution in [0, 0.1) is 5.92 Å². The Bertz CT molecular complexity index is 615. The molecule has 0 aliphatic rings. The molecule has 0 N–H and O–H groups in total. The molecular weight excluding hydrogens is 252 g/mol. The van der Waals surface area contributed by atoms with E-state index in [0.717, 1.165) is 30.4 Å². The molecule has 2 rings (SSSR count). The van der Waals surface area contributed by atoms with Crippen LogP contribution in [0.15, 0.2) is 39.5 Å². The Labute approximate surface area is 119 Å². The van der Waals surface area contributed by atoms with E-state index >= 15 is 0 Å². The van der Waals surface area contributed by atoms with Crippen LogP contribution < -0.4 is 10.4 Å². The van der Waals surface area contributed by atoms with Gasteiger partial charge in [-0.2, -0.15) is 0 Å². The lowest BCUT2D eigenvalue weighted by atomic mass is 9.97. The number of rotatable bonds is 6. The van der Waals surface area contributed by atoms with Gasteiger partial charge in [0.05, 0.1) is 0 Å². The first-order chi connectivity index (χ1) is 9.63. The third kappa shape index (κ3) is 3.41. The van der Waals surface area contributed by atoms with E-state index in [4.69, 9.17) is 9.15 Å². The van der Waals surface area contributed by atoms with Gasteiger partial charge < -0.3 is 9.15 Å². The molecular formula is C17H22O3. The molecule has 3 heteroatoms. The molecule has 0 fully saturated rings. The SMILES string of the molecule is CCCC(C)C(CC)Oc1ccc2ccc(=O)oc2c1. The summed E-state index contributed by atoms with van der Waals surface area (Å²) in [5.74, 6) is 1.28. The van der Waals surface area contributed by atoms with Gasteiger partial charge in [-0.1, -0.05) is 27.2 Å². The lowest BCUT2D eigenvalue weighted by molar-refractivity contribution is 0.132. The Morgan fingerprint density at radius 1 is 1.20 bits per heavy atom. The highest BCUT2D eigenvalue weighted by Crippen LogP contribution is 2.24. The molecule has 2 atom stereocenters. The minimum atomic E-state index is -0.332. The van der Waals surface area contributed by atoms with Crippen molar-refractivity contribution in [3.8, 4) is 5.75 Å². The van der Waals surface area contributed by atoms with E-state index in [-0.39, 0.29) is 11.7 Å². The van der Waals surface area contributed by atoms with Crippen molar-refractivity contribution in [2.24, 2.45) is 5.92 Å². The number of fused-ring (bicyclic) bond motifs is 1. The zero-order chi connectivity index (χ0) is 14.5. The summed E-state index contributed by atoms with van der Waals surface area (Å²) in [4.78, 5) is 11.3. The molecule has 0 saturated heterocycles. The van der Waals surface area contributed by atoms with Gasteiger partial charge in [-0.05, 0) is 37.0 Å². The van der Waals surface area contributed by atoms with Crippen LogP contribution in [-0.2, 0) is 0 Å². The van der Waals surface area contributed by atoms with Crippen LogP contribution >= 0.6 is 0 Å². The Hall–Kier alpha value is -1.77. The maximum absolute atomic E-state index is 11.3. The highest BCUT2D eigenvalue weighted by Gasteiger charge is 2.16. The second kappa shape index (κ2) is 6.60. The highest BCUT2D eigenvalue weighted by molar-refractivity contribution is 5.77. The molecule has 0 aliphatic carbocycles. The first kappa shape index (κ1) is 14.6. The van der Waals surface area contributed by atoms with Crippen molar-refractivity contribution < 1.29 is 9.15 Å². The second-order valence-electron chi connectivity index (χ2n) is 5.28. The van der Waals surface area contributed by atoms with E-state index in [1.807, 2.05) is 12.1 Å². The van der Waals surface area contributed by atoms with Crippen molar-refractivity contribution in [1.29, 1.82) is 0 Å². The van der Waals surface area contributed by atoms with Gasteiger partial charge >= 0.3 is 5.63 Å². The maximum Gasteiger partial charge on any atom is 0.336 e. The van der Waals surface area contributed by atoms with Gasteiger partial charge in [0.1, 0.15) is 17.4 Å². The minimum absolute atomic E-state index is 0.197. The van der Waals surface area contributed by atoms with Gasteiger partial charge in [0.2, 0.25) is 0 Å². The zero-order valence-electron chi connectivity index (χ0n) is 12.4. The molecule has 2 aromatic rings. The molecule has 0 aliphatic heterocycles. The summed E-state index contributed by atoms with van der Waals surface area (Å²) in [6.45, 7) is 6.55. The second-order valence-corrected chi connectivity index (χ2v) is 5.28. The monoisotopic (exact) mass is 274 g/mol. The number of hydrogen-bond acceptors (Lipinski definition) is 3. The fourth-order valence-electron chi connectivity index (χ4n) is 2.53. The summed E-state index contributed by atoms with van der Waals surface area (Å²) in [5.41, 5.74) is 0.244. The van der Waals surface area contributed by atoms with Gasteiger partial charge in [-0.3, -0.25) is 0 Å². The summed E-state index contributed by atoms with van der Waals surface area (Å²) in [5, 5.41) is 0.909. The van der Waals surface area contributed by atoms with Gasteiger partial charge in [0.25, 0.3) is 0 Å². The summed E-state index contributed by atoms with van der Waals surface area (Å²) in [6, 6.07) is 8.86. The largest absolute Gasteiger partial charge is 0.490 e. The molecule has 1 heterocycles. The molecule has 3 nitrogen and oxygen atoms in total. The van der Waals surface area contributed by atoms with Crippen molar-refractivity contribution in [3.05, 3.63) is 40.8 Å². The van der Waals surface area contributed by atoms with E-state index < -0.39 is 0 Å². The first-order valence-corrected chi connectivity index (χ1v) is 7.34. The van der Waals surface area contributed by atoms with Crippen LogP contribution in [0.4, 0.5) is 0 Å². The molecule has 1 aromatic carbocycles. The van der Waals surface area contributed by atoms with Gasteiger partial charge in [-0.15, -0.1) is 0 Å². The molecule has 0 saturated carbocycles. The van der Waals surface area contributed by atoms with Crippen molar-refractivity contribution in [2.45, 2.75) is 46.1 Å². The Morgan fingerprint density at radius 2 is 1.95 bits per heavy atom. The highest BCUT2D eigenvalue weighted by atomic mass is 16.5. The molecule has 0 spiro atoms. The predicted octanol–water partition coefficient (Wildman–Crippen LogP) is 4.39. The van der Waals surface area contributed by atoms with Crippen LogP contribution in [0.2, 0.25) is 0 Å². The quantitative estimate of drug-likeness (QED) is 0.733. The predicted molar refractivity (Wildman–Crippen MR) is 81.3 cm³/mol. The minimum Gasteiger partial charge on any atom is -0.490 e. The lowest BCUT2D eigenvalue weighted by Gasteiger charge is -2.23. The topological polar surface area (TPSA) is 39.4 Å². The smallest absolute Gasteiger partial charge is 0.336 e. The third-order valence-electron chi connectivity index (χ3n) is 3.66. The van der Waals surface area contributed by atoms with Gasteiger partial charge in [0, 0.05) is 17.5 Å². The van der Waals surface area contributed by atoms with E-state index in [0.29, 0.717) is 11.5 Å². The fraction of sp³-hybridized carbons (Fsp3) is 0.471. The Kier molecular flexibility index (Phi) is 4.83. The Balaban J connectivity index is 2.21. The molecule has 0 radical (unpaired) electrons. The fourth-order valence-corrected chi connectivity index (χ4v) is 2.53. The molecule has 0 amide bonds. The van der Waals surface area contributed by atoms with Crippen molar-refractivity contribution in [3.63, 3.8) is 0 Å². The summed E-state index contributed by atoms with van der Waals surface area (Å²) >= 11 is 0. The van der Waals surface area contributed by atoms with Crippen LogP contribution in [-0.4, -0.2) is 6.10 Å². The average Bonchev–Trinajstić information content (AvgIpc) is 2.44. The van der Waals surface area contributed by atoms with Crippen LogP contribution in [0.3, 0.4) is 0 Å². The molecule has 108 valence electrons. The van der Waals surface area contributed by atoms with Crippen LogP contribution in [0.5, 0.6) is 5.75 Å². The Morgan fingerprint density at radius 3 is 2.65 bits per heavy atom. The van der Waals surface area contributed by atoms with Gasteiger partial charge in [-0.25, -0.2) is 4.79 Å². The molecule has 2 unspecified atom stereocenters. The van der Waals surface area contributed by atoms with Crippen molar-refractivity contribution in [2.75, 3.05) is 0 Å². The number of benzene rings is 1. The van der Waals surface area contributed by atoms with Crippen LogP contribution in [0.1, 0.15) is 40.0 Å². The molecule has 20 heavy (non-hydrogen) atoms. The average molecular weight is 274 g/mol. The van der Waals surface area contributed by atoms with E-state index in [1.54, 1.807) is 12.1 Å². The van der Waals surface area contributed by atoms with Crippen LogP contribution in [0.25, 0.3) is 11.0 Å². The summed E-state index contributed by atoms with van der Waals surface area (Å²) in [7, 11) is 0. The van der Waals surface area contributed by atoms with Crippen molar-refractivity contribution in [1.82, 2.24) is 0 Å².